The van der Waals surface area contributed by atoms with Gasteiger partial charge in [0, 0.05) is 5.56 Å². The Bertz CT molecular complexity index is 380. The number of aliphatic hydroxyl groups excluding tert-OH is 1. The van der Waals surface area contributed by atoms with Crippen molar-refractivity contribution in [2.75, 3.05) is 6.61 Å². The van der Waals surface area contributed by atoms with Gasteiger partial charge in [-0.15, -0.1) is 0 Å². The smallest absolute Gasteiger partial charge is 0.334 e. The predicted molar refractivity (Wildman–Crippen MR) is 58.4 cm³/mol. The fourth-order valence-corrected chi connectivity index (χ4v) is 1.18. The van der Waals surface area contributed by atoms with Crippen LogP contribution in [-0.2, 0) is 9.53 Å². The van der Waals surface area contributed by atoms with Crippen molar-refractivity contribution in [2.24, 2.45) is 0 Å². The number of carbonyl (C=O) groups excluding carboxylic acids is 1. The van der Waals surface area contributed by atoms with Crippen LogP contribution >= 0.6 is 0 Å². The molecule has 3 nitrogen and oxygen atoms in total. The second kappa shape index (κ2) is 5.20. The number of esters is 1. The molecule has 1 aromatic carbocycles. The quantitative estimate of drug-likeness (QED) is 0.469. The number of aryl methyl sites for hydroxylation is 1. The second-order valence-corrected chi connectivity index (χ2v) is 3.15. The Morgan fingerprint density at radius 2 is 2.27 bits per heavy atom. The SMILES string of the molecule is CCOC(=O)/C=C(\O)c1cccc(C)c1. The first-order chi connectivity index (χ1) is 7.13. The minimum absolute atomic E-state index is 0.0721. The predicted octanol–water partition coefficient (Wildman–Crippen LogP) is 2.46. The van der Waals surface area contributed by atoms with E-state index in [2.05, 4.69) is 4.74 Å². The fourth-order valence-electron chi connectivity index (χ4n) is 1.18. The fraction of sp³-hybridized carbons (Fsp3) is 0.250. The van der Waals surface area contributed by atoms with Crippen LogP contribution in [0.15, 0.2) is 30.3 Å². The van der Waals surface area contributed by atoms with Crippen LogP contribution in [0.2, 0.25) is 0 Å². The number of hydrogen-bond acceptors (Lipinski definition) is 3. The molecule has 0 amide bonds. The van der Waals surface area contributed by atoms with Crippen molar-refractivity contribution in [3.05, 3.63) is 41.5 Å². The lowest BCUT2D eigenvalue weighted by Gasteiger charge is -2.01. The summed E-state index contributed by atoms with van der Waals surface area (Å²) >= 11 is 0. The molecular formula is C12H14O3. The van der Waals surface area contributed by atoms with Gasteiger partial charge in [0.1, 0.15) is 5.76 Å². The van der Waals surface area contributed by atoms with Crippen molar-refractivity contribution in [3.63, 3.8) is 0 Å². The second-order valence-electron chi connectivity index (χ2n) is 3.15. The average Bonchev–Trinajstić information content (AvgIpc) is 2.18. The van der Waals surface area contributed by atoms with E-state index in [-0.39, 0.29) is 5.76 Å². The Morgan fingerprint density at radius 3 is 2.87 bits per heavy atom. The summed E-state index contributed by atoms with van der Waals surface area (Å²) in [6, 6.07) is 7.27. The summed E-state index contributed by atoms with van der Waals surface area (Å²) < 4.78 is 4.69. The number of rotatable bonds is 3. The molecule has 0 saturated heterocycles. The van der Waals surface area contributed by atoms with Gasteiger partial charge in [0.15, 0.2) is 0 Å². The van der Waals surface area contributed by atoms with Crippen molar-refractivity contribution in [1.82, 2.24) is 0 Å². The number of carbonyl (C=O) groups is 1. The van der Waals surface area contributed by atoms with Crippen LogP contribution in [0.5, 0.6) is 0 Å². The van der Waals surface area contributed by atoms with Crippen molar-refractivity contribution < 1.29 is 14.6 Å². The van der Waals surface area contributed by atoms with E-state index in [9.17, 15) is 9.90 Å². The summed E-state index contributed by atoms with van der Waals surface area (Å²) in [5.74, 6) is -0.603. The van der Waals surface area contributed by atoms with Crippen molar-refractivity contribution >= 4 is 11.7 Å². The summed E-state index contributed by atoms with van der Waals surface area (Å²) in [5.41, 5.74) is 1.64. The molecule has 0 spiro atoms. The Kier molecular flexibility index (Phi) is 3.92. The lowest BCUT2D eigenvalue weighted by molar-refractivity contribution is -0.137. The Hall–Kier alpha value is -1.77. The molecule has 1 N–H and O–H groups in total. The highest BCUT2D eigenvalue weighted by Crippen LogP contribution is 2.12. The number of benzene rings is 1. The first-order valence-electron chi connectivity index (χ1n) is 4.78. The van der Waals surface area contributed by atoms with Crippen molar-refractivity contribution in [3.8, 4) is 0 Å². The molecule has 0 heterocycles. The molecule has 0 bridgehead atoms. The third kappa shape index (κ3) is 3.46. The summed E-state index contributed by atoms with van der Waals surface area (Å²) in [5, 5.41) is 9.60. The van der Waals surface area contributed by atoms with E-state index in [1.165, 1.54) is 0 Å². The van der Waals surface area contributed by atoms with E-state index >= 15 is 0 Å². The molecule has 0 fully saturated rings. The molecule has 0 aromatic heterocycles. The molecule has 80 valence electrons. The highest BCUT2D eigenvalue weighted by molar-refractivity contribution is 5.89. The summed E-state index contributed by atoms with van der Waals surface area (Å²) in [4.78, 5) is 11.1. The third-order valence-corrected chi connectivity index (χ3v) is 1.86. The van der Waals surface area contributed by atoms with Crippen LogP contribution in [0, 0.1) is 6.92 Å². The van der Waals surface area contributed by atoms with Gasteiger partial charge in [-0.1, -0.05) is 23.8 Å². The highest BCUT2D eigenvalue weighted by Gasteiger charge is 2.03. The molecule has 0 saturated carbocycles. The van der Waals surface area contributed by atoms with Gasteiger partial charge in [-0.2, -0.15) is 0 Å². The molecule has 0 aliphatic rings. The van der Waals surface area contributed by atoms with Gasteiger partial charge in [0.05, 0.1) is 12.7 Å². The molecule has 3 heteroatoms. The number of hydrogen-bond donors (Lipinski definition) is 1. The van der Waals surface area contributed by atoms with E-state index < -0.39 is 5.97 Å². The topological polar surface area (TPSA) is 46.5 Å². The van der Waals surface area contributed by atoms with Gasteiger partial charge in [0.2, 0.25) is 0 Å². The van der Waals surface area contributed by atoms with Crippen molar-refractivity contribution in [2.45, 2.75) is 13.8 Å². The molecule has 0 unspecified atom stereocenters. The Labute approximate surface area is 89.0 Å². The molecule has 1 rings (SSSR count). The maximum absolute atomic E-state index is 11.1. The molecule has 0 radical (unpaired) electrons. The zero-order valence-electron chi connectivity index (χ0n) is 8.86. The van der Waals surface area contributed by atoms with Gasteiger partial charge >= 0.3 is 5.97 Å². The normalized spacial score (nSPS) is 11.2. The monoisotopic (exact) mass is 206 g/mol. The number of aliphatic hydroxyl groups is 1. The van der Waals surface area contributed by atoms with Gasteiger partial charge in [-0.3, -0.25) is 0 Å². The standard InChI is InChI=1S/C12H14O3/c1-3-15-12(14)8-11(13)10-6-4-5-9(2)7-10/h4-8,13H,3H2,1-2H3/b11-8-. The number of ether oxygens (including phenoxy) is 1. The molecule has 0 atom stereocenters. The molecule has 0 aliphatic carbocycles. The maximum atomic E-state index is 11.1. The zero-order valence-corrected chi connectivity index (χ0v) is 8.86. The van der Waals surface area contributed by atoms with Crippen LogP contribution in [0.4, 0.5) is 0 Å². The minimum atomic E-state index is -0.531. The van der Waals surface area contributed by atoms with E-state index in [0.717, 1.165) is 11.6 Å². The average molecular weight is 206 g/mol. The van der Waals surface area contributed by atoms with Crippen LogP contribution < -0.4 is 0 Å². The van der Waals surface area contributed by atoms with Gasteiger partial charge in [-0.25, -0.2) is 4.79 Å². The van der Waals surface area contributed by atoms with Gasteiger partial charge in [0.25, 0.3) is 0 Å². The van der Waals surface area contributed by atoms with E-state index in [1.54, 1.807) is 19.1 Å². The summed E-state index contributed by atoms with van der Waals surface area (Å²) in [6.07, 6.45) is 1.08. The first-order valence-corrected chi connectivity index (χ1v) is 4.78. The van der Waals surface area contributed by atoms with Crippen LogP contribution in [-0.4, -0.2) is 17.7 Å². The van der Waals surface area contributed by atoms with Crippen LogP contribution in [0.1, 0.15) is 18.1 Å². The molecule has 0 aliphatic heterocycles. The molecular weight excluding hydrogens is 192 g/mol. The van der Waals surface area contributed by atoms with Crippen LogP contribution in [0.25, 0.3) is 5.76 Å². The van der Waals surface area contributed by atoms with E-state index in [1.807, 2.05) is 19.1 Å². The highest BCUT2D eigenvalue weighted by atomic mass is 16.5. The van der Waals surface area contributed by atoms with Gasteiger partial charge < -0.3 is 9.84 Å². The Morgan fingerprint density at radius 1 is 1.53 bits per heavy atom. The Balaban J connectivity index is 2.84. The summed E-state index contributed by atoms with van der Waals surface area (Å²) in [7, 11) is 0. The van der Waals surface area contributed by atoms with E-state index in [0.29, 0.717) is 12.2 Å². The zero-order chi connectivity index (χ0) is 11.3. The largest absolute Gasteiger partial charge is 0.507 e. The molecule has 1 aromatic rings. The van der Waals surface area contributed by atoms with Crippen molar-refractivity contribution in [1.29, 1.82) is 0 Å². The first kappa shape index (κ1) is 11.3. The van der Waals surface area contributed by atoms with E-state index in [4.69, 9.17) is 0 Å². The lowest BCUT2D eigenvalue weighted by atomic mass is 10.1. The lowest BCUT2D eigenvalue weighted by Crippen LogP contribution is -2.00. The summed E-state index contributed by atoms with van der Waals surface area (Å²) in [6.45, 7) is 3.94. The molecule has 15 heavy (non-hydrogen) atoms. The van der Waals surface area contributed by atoms with Crippen LogP contribution in [0.3, 0.4) is 0 Å². The van der Waals surface area contributed by atoms with Gasteiger partial charge in [-0.05, 0) is 19.9 Å². The minimum Gasteiger partial charge on any atom is -0.507 e. The third-order valence-electron chi connectivity index (χ3n) is 1.86. The maximum Gasteiger partial charge on any atom is 0.334 e.